The second kappa shape index (κ2) is 14.5. The fraction of sp³-hybridized carbons (Fsp3) is 0.545. The van der Waals surface area contributed by atoms with Crippen molar-refractivity contribution >= 4 is 17.0 Å². The summed E-state index contributed by atoms with van der Waals surface area (Å²) < 4.78 is 0. The molecule has 25 heavy (non-hydrogen) atoms. The zero-order valence-electron chi connectivity index (χ0n) is 16.1. The summed E-state index contributed by atoms with van der Waals surface area (Å²) in [7, 11) is 9.87. The summed E-state index contributed by atoms with van der Waals surface area (Å²) in [4.78, 5) is 0. The van der Waals surface area contributed by atoms with E-state index in [1.807, 2.05) is 0 Å². The molecule has 140 valence electrons. The molecular weight excluding hydrogens is 426 g/mol. The van der Waals surface area contributed by atoms with Crippen LogP contribution in [0, 0.1) is 38.5 Å². The Morgan fingerprint density at radius 2 is 1.48 bits per heavy atom. The van der Waals surface area contributed by atoms with Gasteiger partial charge in [-0.05, 0) is 42.1 Å². The molecule has 0 bridgehead atoms. The maximum atomic E-state index is 4.93. The molecule has 0 aliphatic heterocycles. The van der Waals surface area contributed by atoms with Gasteiger partial charge in [0.2, 0.25) is 0 Å². The van der Waals surface area contributed by atoms with Crippen LogP contribution in [-0.2, 0) is 20.8 Å². The Morgan fingerprint density at radius 1 is 0.880 bits per heavy atom. The zero-order valence-corrected chi connectivity index (χ0v) is 20.0. The van der Waals surface area contributed by atoms with Crippen LogP contribution >= 0.6 is 17.0 Å². The first-order valence-corrected chi connectivity index (χ1v) is 15.3. The molecule has 0 aromatic heterocycles. The van der Waals surface area contributed by atoms with Gasteiger partial charge in [-0.25, -0.2) is 0 Å². The predicted octanol–water partition coefficient (Wildman–Crippen LogP) is 8.11. The van der Waals surface area contributed by atoms with Gasteiger partial charge in [-0.1, -0.05) is 81.6 Å². The summed E-state index contributed by atoms with van der Waals surface area (Å²) in [6.45, 7) is 2.37. The molecule has 4 rings (SSSR count). The van der Waals surface area contributed by atoms with Crippen molar-refractivity contribution in [1.82, 2.24) is 0 Å². The van der Waals surface area contributed by atoms with Crippen molar-refractivity contribution < 1.29 is 20.8 Å². The minimum atomic E-state index is -0.826. The van der Waals surface area contributed by atoms with E-state index >= 15 is 0 Å². The van der Waals surface area contributed by atoms with Crippen LogP contribution in [0.25, 0.3) is 0 Å². The van der Waals surface area contributed by atoms with E-state index < -0.39 is 20.8 Å². The summed E-state index contributed by atoms with van der Waals surface area (Å²) in [5.74, 6) is 3.18. The van der Waals surface area contributed by atoms with E-state index in [0.717, 1.165) is 23.7 Å². The number of hydrogen-bond acceptors (Lipinski definition) is 0. The van der Waals surface area contributed by atoms with Crippen LogP contribution in [0.15, 0.2) is 48.1 Å². The molecule has 4 aliphatic rings. The minimum absolute atomic E-state index is 0. The molecule has 0 radical (unpaired) electrons. The van der Waals surface area contributed by atoms with E-state index in [2.05, 4.69) is 49.5 Å². The van der Waals surface area contributed by atoms with Crippen LogP contribution < -0.4 is 0 Å². The Labute approximate surface area is 175 Å². The third kappa shape index (κ3) is 7.90. The first kappa shape index (κ1) is 25.4. The van der Waals surface area contributed by atoms with Gasteiger partial charge in [-0.3, -0.25) is 0 Å². The zero-order chi connectivity index (χ0) is 16.5. The summed E-state index contributed by atoms with van der Waals surface area (Å²) in [6.07, 6.45) is 26.4. The van der Waals surface area contributed by atoms with E-state index in [1.165, 1.54) is 44.9 Å². The van der Waals surface area contributed by atoms with Crippen molar-refractivity contribution in [2.24, 2.45) is 23.7 Å². The summed E-state index contributed by atoms with van der Waals surface area (Å²) >= 11 is -0.826. The average molecular weight is 461 g/mol. The molecule has 0 aromatic rings. The quantitative estimate of drug-likeness (QED) is 0.320. The van der Waals surface area contributed by atoms with Crippen molar-refractivity contribution in [3.05, 3.63) is 63.0 Å². The number of allylic oxidation sites excluding steroid dienone is 8. The first-order valence-electron chi connectivity index (χ1n) is 8.97. The van der Waals surface area contributed by atoms with Crippen LogP contribution in [0.1, 0.15) is 51.9 Å². The molecule has 3 unspecified atom stereocenters. The van der Waals surface area contributed by atoms with Crippen molar-refractivity contribution in [2.45, 2.75) is 51.9 Å². The van der Waals surface area contributed by atoms with Gasteiger partial charge in [0.25, 0.3) is 0 Å². The first-order chi connectivity index (χ1) is 11.3. The molecule has 0 spiro atoms. The Balaban J connectivity index is 0.000000490. The average Bonchev–Trinajstić information content (AvgIpc) is 3.18. The van der Waals surface area contributed by atoms with E-state index in [0.29, 0.717) is 0 Å². The van der Waals surface area contributed by atoms with Gasteiger partial charge in [0.05, 0.1) is 0 Å². The van der Waals surface area contributed by atoms with Gasteiger partial charge in [0.15, 0.2) is 0 Å². The Morgan fingerprint density at radius 3 is 2.08 bits per heavy atom. The topological polar surface area (TPSA) is 0 Å². The molecule has 0 N–H and O–H groups in total. The van der Waals surface area contributed by atoms with Crippen LogP contribution in [-0.4, -0.2) is 0 Å². The monoisotopic (exact) mass is 458 g/mol. The van der Waals surface area contributed by atoms with E-state index in [-0.39, 0.29) is 14.9 Å². The van der Waals surface area contributed by atoms with Gasteiger partial charge < -0.3 is 14.9 Å². The number of hydrogen-bond donors (Lipinski definition) is 0. The van der Waals surface area contributed by atoms with E-state index in [9.17, 15) is 0 Å². The Kier molecular flexibility index (Phi) is 14.7. The van der Waals surface area contributed by atoms with Gasteiger partial charge in [-0.15, -0.1) is 0 Å². The predicted molar refractivity (Wildman–Crippen MR) is 112 cm³/mol. The molecular formula is C22H34Cl2Zr. The van der Waals surface area contributed by atoms with Crippen LogP contribution in [0.4, 0.5) is 0 Å². The van der Waals surface area contributed by atoms with Gasteiger partial charge in [-0.2, -0.15) is 0 Å². The molecule has 2 saturated carbocycles. The van der Waals surface area contributed by atoms with Crippen molar-refractivity contribution in [3.8, 4) is 0 Å². The molecule has 0 nitrogen and oxygen atoms in total. The molecule has 0 heterocycles. The van der Waals surface area contributed by atoms with Crippen LogP contribution in [0.5, 0.6) is 0 Å². The fourth-order valence-electron chi connectivity index (χ4n) is 4.38. The normalized spacial score (nSPS) is 30.4. The molecule has 4 aliphatic carbocycles. The second-order valence-corrected chi connectivity index (χ2v) is 10.7. The summed E-state index contributed by atoms with van der Waals surface area (Å²) in [5, 5.41) is 0. The van der Waals surface area contributed by atoms with Crippen LogP contribution in [0.3, 0.4) is 0 Å². The standard InChI is InChI=1S/C15H18.C5H10.2CH3.2ClH.Zr/c1-11-5-4-8-12-6-2-3-7-13-9-10-14(11)15(12)13;1-2-4-5-3-1;;;;;/h2-8,11,13-15H,9-10H2,1H3;1-5H2;2*1H3;2*1H;/q;;2*-1;;;+4/p-2/t11-,13?,14?,15?;;;;;;/m0....../s1. The van der Waals surface area contributed by atoms with Gasteiger partial charge >= 0.3 is 37.9 Å². The molecule has 0 saturated heterocycles. The SMILES string of the molecule is C1CCCC1.C[C@H]1C=CC=C2C=CC=CC3CCC1C23.[CH3-].[CH3-].[Cl][Zr+2][Cl]. The number of halogens is 2. The maximum absolute atomic E-state index is 4.93. The molecule has 0 aromatic carbocycles. The Bertz CT molecular complexity index is 453. The molecule has 4 atom stereocenters. The second-order valence-electron chi connectivity index (χ2n) is 6.92. The van der Waals surface area contributed by atoms with Crippen LogP contribution in [0.2, 0.25) is 0 Å². The van der Waals surface area contributed by atoms with E-state index in [4.69, 9.17) is 17.0 Å². The van der Waals surface area contributed by atoms with Gasteiger partial charge in [0.1, 0.15) is 0 Å². The molecule has 3 heteroatoms. The third-order valence-corrected chi connectivity index (χ3v) is 5.53. The third-order valence-electron chi connectivity index (χ3n) is 5.53. The Hall–Kier alpha value is 0.423. The van der Waals surface area contributed by atoms with Crippen molar-refractivity contribution in [1.29, 1.82) is 0 Å². The molecule has 0 amide bonds. The number of rotatable bonds is 0. The van der Waals surface area contributed by atoms with Crippen molar-refractivity contribution in [2.75, 3.05) is 0 Å². The summed E-state index contributed by atoms with van der Waals surface area (Å²) in [5.41, 5.74) is 1.55. The van der Waals surface area contributed by atoms with E-state index in [1.54, 1.807) is 5.57 Å². The molecule has 2 fully saturated rings. The van der Waals surface area contributed by atoms with Gasteiger partial charge in [0, 0.05) is 0 Å². The summed E-state index contributed by atoms with van der Waals surface area (Å²) in [6, 6.07) is 0. The van der Waals surface area contributed by atoms with Crippen molar-refractivity contribution in [3.63, 3.8) is 0 Å². The fourth-order valence-corrected chi connectivity index (χ4v) is 4.38.